The summed E-state index contributed by atoms with van der Waals surface area (Å²) in [4.78, 5) is 12.0. The third-order valence-corrected chi connectivity index (χ3v) is 4.32. The number of hydrogen-bond acceptors (Lipinski definition) is 4. The molecule has 1 aromatic carbocycles. The van der Waals surface area contributed by atoms with Gasteiger partial charge in [-0.1, -0.05) is 18.2 Å². The Balaban J connectivity index is 2.55. The zero-order chi connectivity index (χ0) is 14.7. The van der Waals surface area contributed by atoms with Gasteiger partial charge in [0, 0.05) is 15.2 Å². The van der Waals surface area contributed by atoms with Crippen LogP contribution in [0.3, 0.4) is 0 Å². The summed E-state index contributed by atoms with van der Waals surface area (Å²) in [7, 11) is 0. The molecule has 5 nitrogen and oxygen atoms in total. The van der Waals surface area contributed by atoms with Crippen LogP contribution in [0, 0.1) is 38.1 Å². The van der Waals surface area contributed by atoms with Gasteiger partial charge < -0.3 is 0 Å². The highest BCUT2D eigenvalue weighted by molar-refractivity contribution is 14.1. The molecule has 0 unspecified atom stereocenters. The van der Waals surface area contributed by atoms with Gasteiger partial charge in [-0.3, -0.25) is 4.79 Å². The summed E-state index contributed by atoms with van der Waals surface area (Å²) in [6.07, 6.45) is 0. The smallest absolute Gasteiger partial charge is 0.249 e. The maximum Gasteiger partial charge on any atom is 0.249 e. The van der Waals surface area contributed by atoms with E-state index < -0.39 is 17.8 Å². The standard InChI is InChI=1S/C14H11IN4O/c1-8-12(14(20)19-18-8)13(9(6-16)7-17)10-4-2-3-5-11(10)15/h2-5,9,12-13H,1H3,(H,19,20)/t12-,13+/m0/s1. The van der Waals surface area contributed by atoms with Crippen molar-refractivity contribution >= 4 is 34.2 Å². The molecule has 1 N–H and O–H groups in total. The van der Waals surface area contributed by atoms with E-state index in [-0.39, 0.29) is 5.91 Å². The number of nitriles is 2. The molecule has 100 valence electrons. The minimum Gasteiger partial charge on any atom is -0.272 e. The summed E-state index contributed by atoms with van der Waals surface area (Å²) < 4.78 is 0.929. The Labute approximate surface area is 130 Å². The first-order chi connectivity index (χ1) is 9.60. The summed E-state index contributed by atoms with van der Waals surface area (Å²) in [6.45, 7) is 1.73. The highest BCUT2D eigenvalue weighted by Gasteiger charge is 2.41. The number of nitrogens with zero attached hydrogens (tertiary/aromatic N) is 3. The molecule has 2 atom stereocenters. The molecule has 0 spiro atoms. The van der Waals surface area contributed by atoms with Crippen LogP contribution in [0.25, 0.3) is 0 Å². The van der Waals surface area contributed by atoms with Crippen molar-refractivity contribution in [3.05, 3.63) is 33.4 Å². The highest BCUT2D eigenvalue weighted by Crippen LogP contribution is 2.36. The topological polar surface area (TPSA) is 89.0 Å². The lowest BCUT2D eigenvalue weighted by Gasteiger charge is -2.24. The van der Waals surface area contributed by atoms with E-state index in [0.29, 0.717) is 5.71 Å². The molecule has 1 aromatic rings. The van der Waals surface area contributed by atoms with Crippen LogP contribution in [0.15, 0.2) is 29.4 Å². The van der Waals surface area contributed by atoms with Crippen molar-refractivity contribution in [1.82, 2.24) is 5.43 Å². The summed E-state index contributed by atoms with van der Waals surface area (Å²) in [5, 5.41) is 22.4. The number of hydrogen-bond donors (Lipinski definition) is 1. The Morgan fingerprint density at radius 1 is 1.35 bits per heavy atom. The van der Waals surface area contributed by atoms with Gasteiger partial charge in [-0.15, -0.1) is 0 Å². The van der Waals surface area contributed by atoms with Gasteiger partial charge in [0.15, 0.2) is 0 Å². The Morgan fingerprint density at radius 2 is 2.00 bits per heavy atom. The molecule has 20 heavy (non-hydrogen) atoms. The van der Waals surface area contributed by atoms with E-state index in [4.69, 9.17) is 0 Å². The van der Waals surface area contributed by atoms with E-state index in [0.717, 1.165) is 9.13 Å². The summed E-state index contributed by atoms with van der Waals surface area (Å²) in [5.41, 5.74) is 3.86. The van der Waals surface area contributed by atoms with Gasteiger partial charge in [-0.05, 0) is 41.1 Å². The van der Waals surface area contributed by atoms with Gasteiger partial charge in [-0.2, -0.15) is 15.6 Å². The first-order valence-electron chi connectivity index (χ1n) is 5.97. The number of rotatable bonds is 3. The number of amides is 1. The molecule has 1 heterocycles. The summed E-state index contributed by atoms with van der Waals surface area (Å²) in [6, 6.07) is 11.5. The lowest BCUT2D eigenvalue weighted by atomic mass is 9.76. The number of carbonyl (C=O) groups is 1. The molecule has 0 saturated carbocycles. The highest BCUT2D eigenvalue weighted by atomic mass is 127. The predicted octanol–water partition coefficient (Wildman–Crippen LogP) is 2.16. The lowest BCUT2D eigenvalue weighted by Crippen LogP contribution is -2.32. The number of benzene rings is 1. The molecule has 1 aliphatic heterocycles. The van der Waals surface area contributed by atoms with E-state index in [1.807, 2.05) is 36.4 Å². The van der Waals surface area contributed by atoms with Gasteiger partial charge >= 0.3 is 0 Å². The minimum absolute atomic E-state index is 0.261. The lowest BCUT2D eigenvalue weighted by molar-refractivity contribution is -0.122. The second-order valence-electron chi connectivity index (χ2n) is 4.49. The summed E-state index contributed by atoms with van der Waals surface area (Å²) in [5.74, 6) is -2.24. The second kappa shape index (κ2) is 6.02. The van der Waals surface area contributed by atoms with Crippen molar-refractivity contribution in [2.75, 3.05) is 0 Å². The summed E-state index contributed by atoms with van der Waals surface area (Å²) >= 11 is 2.15. The zero-order valence-corrected chi connectivity index (χ0v) is 12.8. The molecular formula is C14H11IN4O. The maximum atomic E-state index is 12.0. The molecule has 0 saturated heterocycles. The third-order valence-electron chi connectivity index (χ3n) is 3.34. The number of carbonyl (C=O) groups excluding carboxylic acids is 1. The predicted molar refractivity (Wildman–Crippen MR) is 81.4 cm³/mol. The van der Waals surface area contributed by atoms with Crippen molar-refractivity contribution in [1.29, 1.82) is 10.5 Å². The molecule has 0 aliphatic carbocycles. The van der Waals surface area contributed by atoms with Crippen LogP contribution in [-0.4, -0.2) is 11.6 Å². The van der Waals surface area contributed by atoms with Crippen LogP contribution in [0.2, 0.25) is 0 Å². The minimum atomic E-state index is -0.898. The van der Waals surface area contributed by atoms with Crippen LogP contribution >= 0.6 is 22.6 Å². The number of hydrazone groups is 1. The Kier molecular flexibility index (Phi) is 4.35. The average Bonchev–Trinajstić information content (AvgIpc) is 2.77. The number of nitrogens with one attached hydrogen (secondary N) is 1. The fourth-order valence-corrected chi connectivity index (χ4v) is 3.13. The monoisotopic (exact) mass is 378 g/mol. The van der Waals surface area contributed by atoms with Crippen molar-refractivity contribution in [2.24, 2.45) is 16.9 Å². The van der Waals surface area contributed by atoms with Crippen LogP contribution in [0.4, 0.5) is 0 Å². The largest absolute Gasteiger partial charge is 0.272 e. The molecule has 6 heteroatoms. The molecular weight excluding hydrogens is 367 g/mol. The van der Waals surface area contributed by atoms with Crippen LogP contribution < -0.4 is 5.43 Å². The van der Waals surface area contributed by atoms with E-state index in [1.54, 1.807) is 6.92 Å². The first-order valence-corrected chi connectivity index (χ1v) is 7.05. The average molecular weight is 378 g/mol. The molecule has 2 rings (SSSR count). The van der Waals surface area contributed by atoms with Gasteiger partial charge in [-0.25, -0.2) is 5.43 Å². The van der Waals surface area contributed by atoms with Crippen molar-refractivity contribution in [3.8, 4) is 12.1 Å². The zero-order valence-electron chi connectivity index (χ0n) is 10.7. The molecule has 0 bridgehead atoms. The Morgan fingerprint density at radius 3 is 2.50 bits per heavy atom. The second-order valence-corrected chi connectivity index (χ2v) is 5.65. The molecule has 0 radical (unpaired) electrons. The molecule has 0 aromatic heterocycles. The molecule has 1 amide bonds. The molecule has 1 aliphatic rings. The van der Waals surface area contributed by atoms with E-state index in [9.17, 15) is 15.3 Å². The van der Waals surface area contributed by atoms with Gasteiger partial charge in [0.25, 0.3) is 0 Å². The van der Waals surface area contributed by atoms with E-state index in [1.165, 1.54) is 0 Å². The molecule has 0 fully saturated rings. The maximum absolute atomic E-state index is 12.0. The SMILES string of the molecule is CC1=NNC(=O)[C@@H]1[C@@H](c1ccccc1I)C(C#N)C#N. The van der Waals surface area contributed by atoms with Gasteiger partial charge in [0.2, 0.25) is 5.91 Å². The third kappa shape index (κ3) is 2.52. The number of halogens is 1. The fraction of sp³-hybridized carbons (Fsp3) is 0.286. The van der Waals surface area contributed by atoms with Gasteiger partial charge in [0.05, 0.1) is 18.1 Å². The Bertz CT molecular complexity index is 642. The normalized spacial score (nSPS) is 18.9. The van der Waals surface area contributed by atoms with Crippen LogP contribution in [0.1, 0.15) is 18.4 Å². The van der Waals surface area contributed by atoms with E-state index in [2.05, 4.69) is 33.1 Å². The van der Waals surface area contributed by atoms with Crippen molar-refractivity contribution in [2.45, 2.75) is 12.8 Å². The van der Waals surface area contributed by atoms with E-state index >= 15 is 0 Å². The first kappa shape index (κ1) is 14.5. The van der Waals surface area contributed by atoms with Crippen LogP contribution in [0.5, 0.6) is 0 Å². The van der Waals surface area contributed by atoms with Crippen LogP contribution in [-0.2, 0) is 4.79 Å². The quantitative estimate of drug-likeness (QED) is 0.818. The van der Waals surface area contributed by atoms with Gasteiger partial charge in [0.1, 0.15) is 5.92 Å². The van der Waals surface area contributed by atoms with Crippen molar-refractivity contribution in [3.63, 3.8) is 0 Å². The fourth-order valence-electron chi connectivity index (χ4n) is 2.38. The van der Waals surface area contributed by atoms with Crippen molar-refractivity contribution < 1.29 is 4.79 Å². The Hall–Kier alpha value is -1.93.